The summed E-state index contributed by atoms with van der Waals surface area (Å²) in [5.74, 6) is 2.20. The van der Waals surface area contributed by atoms with Gasteiger partial charge in [0.1, 0.15) is 17.3 Å². The average molecular weight is 432 g/mol. The SMILES string of the molecule is CC.CC1=Nc2c(F)cc(C3=CCc4nc(C5CC5)ncc43)cc2C1C1CCCCCC1. The summed E-state index contributed by atoms with van der Waals surface area (Å²) in [6.07, 6.45) is 15.1. The van der Waals surface area contributed by atoms with Gasteiger partial charge in [-0.2, -0.15) is 0 Å². The molecule has 1 aliphatic heterocycles. The molecule has 4 heteroatoms. The molecule has 2 aromatic rings. The normalized spacial score (nSPS) is 22.3. The predicted molar refractivity (Wildman–Crippen MR) is 129 cm³/mol. The molecule has 0 spiro atoms. The monoisotopic (exact) mass is 431 g/mol. The summed E-state index contributed by atoms with van der Waals surface area (Å²) >= 11 is 0. The molecule has 3 aliphatic carbocycles. The van der Waals surface area contributed by atoms with Gasteiger partial charge in [0.05, 0.1) is 5.69 Å². The lowest BCUT2D eigenvalue weighted by atomic mass is 9.79. The Morgan fingerprint density at radius 3 is 2.44 bits per heavy atom. The van der Waals surface area contributed by atoms with Crippen molar-refractivity contribution in [1.82, 2.24) is 9.97 Å². The highest BCUT2D eigenvalue weighted by molar-refractivity contribution is 5.97. The minimum Gasteiger partial charge on any atom is -0.254 e. The van der Waals surface area contributed by atoms with E-state index in [0.29, 0.717) is 17.5 Å². The lowest BCUT2D eigenvalue weighted by Crippen LogP contribution is -2.17. The van der Waals surface area contributed by atoms with Crippen molar-refractivity contribution in [2.45, 2.75) is 90.4 Å². The van der Waals surface area contributed by atoms with Crippen LogP contribution in [0, 0.1) is 11.7 Å². The minimum absolute atomic E-state index is 0.192. The third-order valence-corrected chi connectivity index (χ3v) is 7.47. The van der Waals surface area contributed by atoms with Crippen molar-refractivity contribution < 1.29 is 4.39 Å². The van der Waals surface area contributed by atoms with Crippen LogP contribution in [0.3, 0.4) is 0 Å². The first-order chi connectivity index (χ1) is 15.7. The van der Waals surface area contributed by atoms with Gasteiger partial charge in [-0.05, 0) is 67.4 Å². The molecule has 4 aliphatic rings. The van der Waals surface area contributed by atoms with Gasteiger partial charge in [-0.3, -0.25) is 4.99 Å². The number of rotatable bonds is 3. The average Bonchev–Trinajstić information content (AvgIpc) is 3.55. The molecule has 2 heterocycles. The largest absolute Gasteiger partial charge is 0.254 e. The van der Waals surface area contributed by atoms with Crippen LogP contribution in [0.15, 0.2) is 29.4 Å². The Kier molecular flexibility index (Phi) is 5.96. The van der Waals surface area contributed by atoms with Crippen LogP contribution in [0.25, 0.3) is 5.57 Å². The fourth-order valence-corrected chi connectivity index (χ4v) is 5.77. The lowest BCUT2D eigenvalue weighted by molar-refractivity contribution is 0.436. The Balaban J connectivity index is 0.00000105. The first-order valence-corrected chi connectivity index (χ1v) is 12.6. The molecule has 3 nitrogen and oxygen atoms in total. The second-order valence-corrected chi connectivity index (χ2v) is 9.56. The molecule has 2 saturated carbocycles. The van der Waals surface area contributed by atoms with Crippen molar-refractivity contribution in [3.63, 3.8) is 0 Å². The Labute approximate surface area is 191 Å². The fraction of sp³-hybridized carbons (Fsp3) is 0.536. The summed E-state index contributed by atoms with van der Waals surface area (Å²) in [5, 5.41) is 0. The van der Waals surface area contributed by atoms with Crippen LogP contribution in [-0.2, 0) is 6.42 Å². The van der Waals surface area contributed by atoms with Crippen molar-refractivity contribution >= 4 is 17.0 Å². The Bertz CT molecular complexity index is 1070. The second kappa shape index (κ2) is 8.88. The topological polar surface area (TPSA) is 38.1 Å². The standard InChI is InChI=1S/C26H28FN3.C2H6/c1-15-24(16-6-4-2-3-5-7-16)20-12-18(13-22(27)25(20)29-15)19-10-11-23-21(19)14-28-26(30-23)17-8-9-17;1-2/h10,12-14,16-17,24H,2-9,11H2,1H3;1-2H3. The van der Waals surface area contributed by atoms with Gasteiger partial charge in [-0.25, -0.2) is 14.4 Å². The van der Waals surface area contributed by atoms with E-state index >= 15 is 4.39 Å². The number of aromatic nitrogens is 2. The van der Waals surface area contributed by atoms with Gasteiger partial charge < -0.3 is 0 Å². The number of hydrogen-bond acceptors (Lipinski definition) is 3. The summed E-state index contributed by atoms with van der Waals surface area (Å²) < 4.78 is 15.2. The summed E-state index contributed by atoms with van der Waals surface area (Å²) in [7, 11) is 0. The van der Waals surface area contributed by atoms with Crippen LogP contribution in [0.1, 0.15) is 112 Å². The van der Waals surface area contributed by atoms with Crippen molar-refractivity contribution in [1.29, 1.82) is 0 Å². The highest BCUT2D eigenvalue weighted by Crippen LogP contribution is 2.47. The van der Waals surface area contributed by atoms with Crippen LogP contribution in [0.4, 0.5) is 10.1 Å². The van der Waals surface area contributed by atoms with E-state index in [4.69, 9.17) is 4.98 Å². The third kappa shape index (κ3) is 3.82. The number of fused-ring (bicyclic) bond motifs is 2. The highest BCUT2D eigenvalue weighted by Gasteiger charge is 2.35. The Morgan fingerprint density at radius 2 is 1.72 bits per heavy atom. The van der Waals surface area contributed by atoms with Gasteiger partial charge in [0, 0.05) is 35.7 Å². The molecule has 2 fully saturated rings. The Hall–Kier alpha value is -2.36. The third-order valence-electron chi connectivity index (χ3n) is 7.47. The number of hydrogen-bond donors (Lipinski definition) is 0. The van der Waals surface area contributed by atoms with Gasteiger partial charge in [-0.15, -0.1) is 0 Å². The highest BCUT2D eigenvalue weighted by atomic mass is 19.1. The number of allylic oxidation sites excluding steroid dienone is 1. The zero-order chi connectivity index (χ0) is 22.2. The maximum atomic E-state index is 15.2. The summed E-state index contributed by atoms with van der Waals surface area (Å²) in [6, 6.07) is 3.88. The second-order valence-electron chi connectivity index (χ2n) is 9.56. The lowest BCUT2D eigenvalue weighted by Gasteiger charge is -2.24. The molecule has 6 rings (SSSR count). The van der Waals surface area contributed by atoms with Crippen LogP contribution in [-0.4, -0.2) is 15.7 Å². The van der Waals surface area contributed by atoms with Crippen molar-refractivity contribution in [3.8, 4) is 0 Å². The smallest absolute Gasteiger partial charge is 0.149 e. The molecule has 0 bridgehead atoms. The van der Waals surface area contributed by atoms with E-state index in [1.54, 1.807) is 6.07 Å². The van der Waals surface area contributed by atoms with Crippen molar-refractivity contribution in [2.24, 2.45) is 10.9 Å². The van der Waals surface area contributed by atoms with Gasteiger partial charge >= 0.3 is 0 Å². The molecular formula is C28H34FN3. The molecule has 0 amide bonds. The molecule has 32 heavy (non-hydrogen) atoms. The predicted octanol–water partition coefficient (Wildman–Crippen LogP) is 7.67. The maximum Gasteiger partial charge on any atom is 0.149 e. The van der Waals surface area contributed by atoms with Gasteiger partial charge in [-0.1, -0.05) is 45.6 Å². The Morgan fingerprint density at radius 1 is 0.969 bits per heavy atom. The van der Waals surface area contributed by atoms with E-state index in [9.17, 15) is 0 Å². The molecule has 1 aromatic heterocycles. The molecular weight excluding hydrogens is 397 g/mol. The van der Waals surface area contributed by atoms with Crippen LogP contribution >= 0.6 is 0 Å². The van der Waals surface area contributed by atoms with E-state index in [2.05, 4.69) is 29.0 Å². The van der Waals surface area contributed by atoms with E-state index in [-0.39, 0.29) is 11.7 Å². The van der Waals surface area contributed by atoms with Crippen LogP contribution in [0.5, 0.6) is 0 Å². The number of halogens is 1. The quantitative estimate of drug-likeness (QED) is 0.468. The fourth-order valence-electron chi connectivity index (χ4n) is 5.77. The van der Waals surface area contributed by atoms with Crippen LogP contribution in [0.2, 0.25) is 0 Å². The van der Waals surface area contributed by atoms with E-state index in [0.717, 1.165) is 45.9 Å². The zero-order valence-electron chi connectivity index (χ0n) is 19.6. The molecule has 0 N–H and O–H groups in total. The summed E-state index contributed by atoms with van der Waals surface area (Å²) in [6.45, 7) is 6.09. The molecule has 0 saturated heterocycles. The van der Waals surface area contributed by atoms with Gasteiger partial charge in [0.25, 0.3) is 0 Å². The van der Waals surface area contributed by atoms with Crippen molar-refractivity contribution in [3.05, 3.63) is 58.4 Å². The van der Waals surface area contributed by atoms with Crippen molar-refractivity contribution in [2.75, 3.05) is 0 Å². The molecule has 0 radical (unpaired) electrons. The van der Waals surface area contributed by atoms with E-state index < -0.39 is 0 Å². The number of aliphatic imine (C=N–C) groups is 1. The van der Waals surface area contributed by atoms with E-state index in [1.807, 2.05) is 20.0 Å². The minimum atomic E-state index is -0.192. The molecule has 1 unspecified atom stereocenters. The number of benzene rings is 1. The summed E-state index contributed by atoms with van der Waals surface area (Å²) in [5.41, 5.74) is 6.96. The molecule has 1 aromatic carbocycles. The first kappa shape index (κ1) is 21.5. The van der Waals surface area contributed by atoms with Crippen LogP contribution < -0.4 is 0 Å². The number of nitrogens with zero attached hydrogens (tertiary/aromatic N) is 3. The zero-order valence-corrected chi connectivity index (χ0v) is 19.6. The van der Waals surface area contributed by atoms with Gasteiger partial charge in [0.15, 0.2) is 0 Å². The van der Waals surface area contributed by atoms with E-state index in [1.165, 1.54) is 51.4 Å². The summed E-state index contributed by atoms with van der Waals surface area (Å²) in [4.78, 5) is 14.1. The molecule has 168 valence electrons. The molecule has 1 atom stereocenters. The maximum absolute atomic E-state index is 15.2. The first-order valence-electron chi connectivity index (χ1n) is 12.6. The van der Waals surface area contributed by atoms with Gasteiger partial charge in [0.2, 0.25) is 0 Å².